The van der Waals surface area contributed by atoms with Crippen molar-refractivity contribution in [1.29, 1.82) is 0 Å². The largest absolute Gasteiger partial charge is 0.497 e. The zero-order chi connectivity index (χ0) is 24.8. The summed E-state index contributed by atoms with van der Waals surface area (Å²) in [4.78, 5) is 11.1. The summed E-state index contributed by atoms with van der Waals surface area (Å²) in [5, 5.41) is 2.39. The maximum absolute atomic E-state index is 5.46. The van der Waals surface area contributed by atoms with E-state index in [-0.39, 0.29) is 0 Å². The summed E-state index contributed by atoms with van der Waals surface area (Å²) in [6.07, 6.45) is 4.43. The highest BCUT2D eigenvalue weighted by Gasteiger charge is 2.24. The van der Waals surface area contributed by atoms with Crippen LogP contribution in [0.15, 0.2) is 97.2 Å². The van der Waals surface area contributed by atoms with E-state index in [1.54, 1.807) is 7.11 Å². The Morgan fingerprint density at radius 2 is 1.59 bits per heavy atom. The molecule has 0 atom stereocenters. The van der Waals surface area contributed by atoms with E-state index in [1.165, 1.54) is 29.3 Å². The molecule has 7 rings (SSSR count). The lowest BCUT2D eigenvalue weighted by Gasteiger charge is -2.19. The Morgan fingerprint density at radius 1 is 0.811 bits per heavy atom. The van der Waals surface area contributed by atoms with Gasteiger partial charge < -0.3 is 19.2 Å². The predicted octanol–water partition coefficient (Wildman–Crippen LogP) is 7.45. The molecule has 0 bridgehead atoms. The molecule has 3 aromatic carbocycles. The Bertz CT molecular complexity index is 1690. The van der Waals surface area contributed by atoms with E-state index in [4.69, 9.17) is 9.72 Å². The molecular formula is C32H28N4O. The smallest absolute Gasteiger partial charge is 0.119 e. The van der Waals surface area contributed by atoms with Gasteiger partial charge in [-0.15, -0.1) is 0 Å². The molecule has 37 heavy (non-hydrogen) atoms. The van der Waals surface area contributed by atoms with Crippen LogP contribution < -0.4 is 9.64 Å². The number of hydrogen-bond donors (Lipinski definition) is 1. The number of nitrogens with one attached hydrogen (secondary N) is 1. The lowest BCUT2D eigenvalue weighted by atomic mass is 10.0. The van der Waals surface area contributed by atoms with E-state index in [0.717, 1.165) is 58.2 Å². The quantitative estimate of drug-likeness (QED) is 0.276. The van der Waals surface area contributed by atoms with Crippen molar-refractivity contribution in [3.05, 3.63) is 97.2 Å². The maximum atomic E-state index is 5.46. The van der Waals surface area contributed by atoms with Crippen molar-refractivity contribution in [3.8, 4) is 34.1 Å². The highest BCUT2D eigenvalue weighted by atomic mass is 16.5. The molecule has 0 aliphatic carbocycles. The number of aromatic amines is 1. The third kappa shape index (κ3) is 3.66. The van der Waals surface area contributed by atoms with Crippen LogP contribution in [-0.2, 0) is 0 Å². The fourth-order valence-electron chi connectivity index (χ4n) is 5.68. The first-order valence-electron chi connectivity index (χ1n) is 12.9. The van der Waals surface area contributed by atoms with Crippen molar-refractivity contribution in [1.82, 2.24) is 14.5 Å². The number of pyridine rings is 1. The Hall–Kier alpha value is -4.51. The zero-order valence-electron chi connectivity index (χ0n) is 20.8. The number of methoxy groups -OCH3 is 1. The van der Waals surface area contributed by atoms with Crippen molar-refractivity contribution < 1.29 is 4.74 Å². The number of hydrogen-bond acceptors (Lipinski definition) is 3. The average Bonchev–Trinajstić information content (AvgIpc) is 3.70. The lowest BCUT2D eigenvalue weighted by Crippen LogP contribution is -2.17. The van der Waals surface area contributed by atoms with Crippen LogP contribution in [0.1, 0.15) is 12.8 Å². The molecule has 5 heteroatoms. The molecule has 0 spiro atoms. The second kappa shape index (κ2) is 8.86. The van der Waals surface area contributed by atoms with Gasteiger partial charge in [-0.3, -0.25) is 4.98 Å². The molecule has 1 fully saturated rings. The Labute approximate surface area is 216 Å². The minimum Gasteiger partial charge on any atom is -0.497 e. The van der Waals surface area contributed by atoms with Gasteiger partial charge in [0.15, 0.2) is 0 Å². The van der Waals surface area contributed by atoms with Gasteiger partial charge in [0.05, 0.1) is 24.0 Å². The van der Waals surface area contributed by atoms with Crippen molar-refractivity contribution in [3.63, 3.8) is 0 Å². The Balaban J connectivity index is 1.55. The van der Waals surface area contributed by atoms with E-state index in [2.05, 4.69) is 93.3 Å². The second-order valence-electron chi connectivity index (χ2n) is 9.64. The zero-order valence-corrected chi connectivity index (χ0v) is 20.8. The molecule has 0 saturated carbocycles. The van der Waals surface area contributed by atoms with Gasteiger partial charge in [-0.05, 0) is 67.4 Å². The number of para-hydroxylation sites is 2. The summed E-state index contributed by atoms with van der Waals surface area (Å²) < 4.78 is 7.80. The number of aromatic nitrogens is 3. The number of H-pyrrole nitrogens is 1. The summed E-state index contributed by atoms with van der Waals surface area (Å²) >= 11 is 0. The first-order chi connectivity index (χ1) is 18.3. The van der Waals surface area contributed by atoms with Crippen molar-refractivity contribution in [2.45, 2.75) is 12.8 Å². The normalized spacial score (nSPS) is 13.6. The summed E-state index contributed by atoms with van der Waals surface area (Å²) in [6, 6.07) is 32.0. The third-order valence-electron chi connectivity index (χ3n) is 7.46. The summed E-state index contributed by atoms with van der Waals surface area (Å²) in [5.41, 5.74) is 8.87. The Morgan fingerprint density at radius 3 is 2.41 bits per heavy atom. The van der Waals surface area contributed by atoms with Crippen LogP contribution in [0.3, 0.4) is 0 Å². The fraction of sp³-hybridized carbons (Fsp3) is 0.156. The molecule has 1 N–H and O–H groups in total. The highest BCUT2D eigenvalue weighted by Crippen LogP contribution is 2.43. The van der Waals surface area contributed by atoms with E-state index in [9.17, 15) is 0 Å². The molecule has 5 nitrogen and oxygen atoms in total. The molecule has 1 saturated heterocycles. The van der Waals surface area contributed by atoms with Gasteiger partial charge in [-0.2, -0.15) is 0 Å². The molecule has 0 unspecified atom stereocenters. The standard InChI is InChI=1S/C32H28N4O/c1-37-25-14-12-23(13-15-25)36-30-11-5-3-9-26(30)31(28-20-22-8-2-4-10-27(22)34-28)32(36)29-21-24(16-17-33-29)35-18-6-7-19-35/h2-5,8-17,20-21,34H,6-7,18-19H2,1H3. The van der Waals surface area contributed by atoms with E-state index in [1.807, 2.05) is 18.3 Å². The Kier molecular flexibility index (Phi) is 5.21. The number of fused-ring (bicyclic) bond motifs is 2. The topological polar surface area (TPSA) is 46.1 Å². The lowest BCUT2D eigenvalue weighted by molar-refractivity contribution is 0.415. The molecule has 182 valence electrons. The van der Waals surface area contributed by atoms with Gasteiger partial charge in [0, 0.05) is 58.2 Å². The van der Waals surface area contributed by atoms with Crippen molar-refractivity contribution >= 4 is 27.5 Å². The van der Waals surface area contributed by atoms with E-state index >= 15 is 0 Å². The third-order valence-corrected chi connectivity index (χ3v) is 7.46. The summed E-state index contributed by atoms with van der Waals surface area (Å²) in [7, 11) is 1.70. The monoisotopic (exact) mass is 484 g/mol. The molecule has 3 aromatic heterocycles. The second-order valence-corrected chi connectivity index (χ2v) is 9.64. The van der Waals surface area contributed by atoms with E-state index in [0.29, 0.717) is 0 Å². The first kappa shape index (κ1) is 21.7. The van der Waals surface area contributed by atoms with Gasteiger partial charge >= 0.3 is 0 Å². The average molecular weight is 485 g/mol. The maximum Gasteiger partial charge on any atom is 0.119 e. The van der Waals surface area contributed by atoms with Crippen LogP contribution in [0.4, 0.5) is 5.69 Å². The first-order valence-corrected chi connectivity index (χ1v) is 12.9. The van der Waals surface area contributed by atoms with Gasteiger partial charge in [-0.25, -0.2) is 0 Å². The number of anilines is 1. The summed E-state index contributed by atoms with van der Waals surface area (Å²) in [5.74, 6) is 0.840. The molecule has 6 aromatic rings. The fourth-order valence-corrected chi connectivity index (χ4v) is 5.68. The van der Waals surface area contributed by atoms with Crippen LogP contribution in [0.5, 0.6) is 5.75 Å². The van der Waals surface area contributed by atoms with Crippen LogP contribution in [-0.4, -0.2) is 34.7 Å². The summed E-state index contributed by atoms with van der Waals surface area (Å²) in [6.45, 7) is 2.19. The molecule has 4 heterocycles. The molecule has 0 radical (unpaired) electrons. The predicted molar refractivity (Wildman–Crippen MR) is 152 cm³/mol. The highest BCUT2D eigenvalue weighted by molar-refractivity contribution is 6.06. The number of rotatable bonds is 5. The van der Waals surface area contributed by atoms with Crippen molar-refractivity contribution in [2.75, 3.05) is 25.1 Å². The number of nitrogens with zero attached hydrogens (tertiary/aromatic N) is 3. The molecule has 0 amide bonds. The van der Waals surface area contributed by atoms with Crippen LogP contribution >= 0.6 is 0 Å². The number of benzene rings is 3. The van der Waals surface area contributed by atoms with E-state index < -0.39 is 0 Å². The van der Waals surface area contributed by atoms with Crippen LogP contribution in [0, 0.1) is 0 Å². The van der Waals surface area contributed by atoms with Gasteiger partial charge in [0.25, 0.3) is 0 Å². The minimum atomic E-state index is 0.840. The van der Waals surface area contributed by atoms with Crippen LogP contribution in [0.25, 0.3) is 50.1 Å². The molecule has 1 aliphatic rings. The SMILES string of the molecule is COc1ccc(-n2c(-c3cc(N4CCCC4)ccn3)c(-c3cc4ccccc4[nH]3)c3ccccc32)cc1. The van der Waals surface area contributed by atoms with Crippen LogP contribution in [0.2, 0.25) is 0 Å². The van der Waals surface area contributed by atoms with Crippen molar-refractivity contribution in [2.24, 2.45) is 0 Å². The minimum absolute atomic E-state index is 0.840. The van der Waals surface area contributed by atoms with Gasteiger partial charge in [0.2, 0.25) is 0 Å². The van der Waals surface area contributed by atoms with Gasteiger partial charge in [-0.1, -0.05) is 36.4 Å². The molecular weight excluding hydrogens is 456 g/mol. The van der Waals surface area contributed by atoms with Gasteiger partial charge in [0.1, 0.15) is 5.75 Å². The molecule has 1 aliphatic heterocycles. The number of ether oxygens (including phenoxy) is 1.